The Morgan fingerprint density at radius 2 is 2.00 bits per heavy atom. The van der Waals surface area contributed by atoms with Crippen LogP contribution in [-0.2, 0) is 11.0 Å². The van der Waals surface area contributed by atoms with Gasteiger partial charge in [-0.1, -0.05) is 32.9 Å². The molecule has 98 valence electrons. The molecule has 0 radical (unpaired) electrons. The number of benzene rings is 1. The van der Waals surface area contributed by atoms with Gasteiger partial charge in [0.05, 0.1) is 6.61 Å². The number of aromatic nitrogens is 1. The highest BCUT2D eigenvalue weighted by Gasteiger charge is 2.37. The number of nitrogens with zero attached hydrogens (tertiary/aromatic N) is 1. The van der Waals surface area contributed by atoms with E-state index in [2.05, 4.69) is 44.9 Å². The molecule has 0 aliphatic rings. The van der Waals surface area contributed by atoms with Crippen molar-refractivity contribution >= 4 is 19.4 Å². The fourth-order valence-electron chi connectivity index (χ4n) is 1.54. The normalized spacial score (nSPS) is 13.2. The van der Waals surface area contributed by atoms with Crippen molar-refractivity contribution in [2.45, 2.75) is 45.5 Å². The molecule has 0 spiro atoms. The molecule has 4 heteroatoms. The quantitative estimate of drug-likeness (QED) is 0.772. The molecule has 1 aromatic heterocycles. The van der Waals surface area contributed by atoms with Gasteiger partial charge in [-0.2, -0.15) is 0 Å². The maximum absolute atomic E-state index is 6.21. The van der Waals surface area contributed by atoms with Crippen LogP contribution in [0.15, 0.2) is 29.0 Å². The third-order valence-corrected chi connectivity index (χ3v) is 8.32. The van der Waals surface area contributed by atoms with Crippen LogP contribution in [0, 0.1) is 0 Å². The summed E-state index contributed by atoms with van der Waals surface area (Å²) in [6.07, 6.45) is 1.49. The molecular weight excluding hydrogens is 242 g/mol. The van der Waals surface area contributed by atoms with Crippen LogP contribution in [0.2, 0.25) is 18.1 Å². The average molecular weight is 263 g/mol. The van der Waals surface area contributed by atoms with Crippen LogP contribution in [0.5, 0.6) is 0 Å². The fourth-order valence-corrected chi connectivity index (χ4v) is 2.49. The number of rotatable bonds is 3. The third-order valence-electron chi connectivity index (χ3n) is 3.84. The summed E-state index contributed by atoms with van der Waals surface area (Å²) in [6.45, 7) is 11.9. The SMILES string of the molecule is CC(C)(C)[Si](C)(C)OCc1cccc2ocnc12. The Hall–Kier alpha value is -1.13. The van der Waals surface area contributed by atoms with Gasteiger partial charge >= 0.3 is 0 Å². The molecule has 1 aromatic carbocycles. The Labute approximate surface area is 109 Å². The van der Waals surface area contributed by atoms with Crippen LogP contribution in [0.25, 0.3) is 11.1 Å². The maximum atomic E-state index is 6.21. The fraction of sp³-hybridized carbons (Fsp3) is 0.500. The Balaban J connectivity index is 2.18. The van der Waals surface area contributed by atoms with Gasteiger partial charge in [0, 0.05) is 5.56 Å². The van der Waals surface area contributed by atoms with Gasteiger partial charge < -0.3 is 8.84 Å². The van der Waals surface area contributed by atoms with E-state index in [0.29, 0.717) is 6.61 Å². The lowest BCUT2D eigenvalue weighted by molar-refractivity contribution is 0.277. The molecular formula is C14H21NO2Si. The van der Waals surface area contributed by atoms with Crippen molar-refractivity contribution < 1.29 is 8.84 Å². The molecule has 0 aliphatic carbocycles. The first kappa shape index (κ1) is 13.3. The Kier molecular flexibility index (Phi) is 3.34. The standard InChI is InChI=1S/C14H21NO2Si/c1-14(2,3)18(4,5)17-9-11-7-6-8-12-13(11)15-10-16-12/h6-8,10H,9H2,1-5H3. The van der Waals surface area contributed by atoms with E-state index in [0.717, 1.165) is 16.7 Å². The molecule has 2 aromatic rings. The van der Waals surface area contributed by atoms with Gasteiger partial charge in [-0.25, -0.2) is 4.98 Å². The number of hydrogen-bond acceptors (Lipinski definition) is 3. The Morgan fingerprint density at radius 3 is 2.67 bits per heavy atom. The van der Waals surface area contributed by atoms with Crippen LogP contribution in [-0.4, -0.2) is 13.3 Å². The van der Waals surface area contributed by atoms with Crippen molar-refractivity contribution in [1.29, 1.82) is 0 Å². The minimum absolute atomic E-state index is 0.227. The lowest BCUT2D eigenvalue weighted by atomic mass is 10.2. The van der Waals surface area contributed by atoms with Crippen molar-refractivity contribution in [3.63, 3.8) is 0 Å². The van der Waals surface area contributed by atoms with E-state index in [1.165, 1.54) is 6.39 Å². The van der Waals surface area contributed by atoms with E-state index in [4.69, 9.17) is 8.84 Å². The van der Waals surface area contributed by atoms with E-state index >= 15 is 0 Å². The second-order valence-corrected chi connectivity index (χ2v) is 11.0. The van der Waals surface area contributed by atoms with E-state index in [1.54, 1.807) is 0 Å². The molecule has 2 rings (SSSR count). The molecule has 0 aliphatic heterocycles. The van der Waals surface area contributed by atoms with Crippen molar-refractivity contribution in [3.8, 4) is 0 Å². The first-order valence-corrected chi connectivity index (χ1v) is 9.17. The second-order valence-electron chi connectivity index (χ2n) is 6.17. The highest BCUT2D eigenvalue weighted by molar-refractivity contribution is 6.74. The summed E-state index contributed by atoms with van der Waals surface area (Å²) in [5.74, 6) is 0. The largest absolute Gasteiger partial charge is 0.443 e. The summed E-state index contributed by atoms with van der Waals surface area (Å²) < 4.78 is 11.5. The highest BCUT2D eigenvalue weighted by atomic mass is 28.4. The minimum Gasteiger partial charge on any atom is -0.443 e. The molecule has 0 bridgehead atoms. The summed E-state index contributed by atoms with van der Waals surface area (Å²) >= 11 is 0. The van der Waals surface area contributed by atoms with E-state index in [9.17, 15) is 0 Å². The lowest BCUT2D eigenvalue weighted by Crippen LogP contribution is -2.40. The first-order valence-electron chi connectivity index (χ1n) is 6.26. The number of hydrogen-bond donors (Lipinski definition) is 0. The van der Waals surface area contributed by atoms with Crippen LogP contribution in [0.4, 0.5) is 0 Å². The highest BCUT2D eigenvalue weighted by Crippen LogP contribution is 2.37. The van der Waals surface area contributed by atoms with Gasteiger partial charge in [0.15, 0.2) is 20.3 Å². The molecule has 0 saturated heterocycles. The zero-order chi connectivity index (χ0) is 13.4. The van der Waals surface area contributed by atoms with Crippen LogP contribution >= 0.6 is 0 Å². The van der Waals surface area contributed by atoms with Gasteiger partial charge in [-0.3, -0.25) is 0 Å². The molecule has 0 amide bonds. The molecule has 18 heavy (non-hydrogen) atoms. The summed E-state index contributed by atoms with van der Waals surface area (Å²) in [5.41, 5.74) is 2.84. The molecule has 0 N–H and O–H groups in total. The summed E-state index contributed by atoms with van der Waals surface area (Å²) in [5, 5.41) is 0.227. The van der Waals surface area contributed by atoms with Crippen molar-refractivity contribution in [3.05, 3.63) is 30.2 Å². The minimum atomic E-state index is -1.71. The van der Waals surface area contributed by atoms with E-state index < -0.39 is 8.32 Å². The maximum Gasteiger partial charge on any atom is 0.192 e. The summed E-state index contributed by atoms with van der Waals surface area (Å²) in [4.78, 5) is 4.25. The molecule has 1 heterocycles. The molecule has 0 saturated carbocycles. The summed E-state index contributed by atoms with van der Waals surface area (Å²) in [6, 6.07) is 5.97. The average Bonchev–Trinajstić information content (AvgIpc) is 2.73. The van der Waals surface area contributed by atoms with Gasteiger partial charge in [0.25, 0.3) is 0 Å². The molecule has 3 nitrogen and oxygen atoms in total. The van der Waals surface area contributed by atoms with Gasteiger partial charge in [0.1, 0.15) is 5.52 Å². The molecule has 0 atom stereocenters. The van der Waals surface area contributed by atoms with Gasteiger partial charge in [0.2, 0.25) is 0 Å². The van der Waals surface area contributed by atoms with E-state index in [-0.39, 0.29) is 5.04 Å². The van der Waals surface area contributed by atoms with Crippen molar-refractivity contribution in [1.82, 2.24) is 4.98 Å². The topological polar surface area (TPSA) is 35.3 Å². The zero-order valence-electron chi connectivity index (χ0n) is 11.8. The second kappa shape index (κ2) is 4.52. The monoisotopic (exact) mass is 263 g/mol. The summed E-state index contributed by atoms with van der Waals surface area (Å²) in [7, 11) is -1.71. The number of fused-ring (bicyclic) bond motifs is 1. The van der Waals surface area contributed by atoms with Crippen LogP contribution in [0.3, 0.4) is 0 Å². The number of para-hydroxylation sites is 1. The van der Waals surface area contributed by atoms with Crippen molar-refractivity contribution in [2.75, 3.05) is 0 Å². The smallest absolute Gasteiger partial charge is 0.192 e. The lowest BCUT2D eigenvalue weighted by Gasteiger charge is -2.36. The predicted octanol–water partition coefficient (Wildman–Crippen LogP) is 4.35. The molecule has 0 unspecified atom stereocenters. The van der Waals surface area contributed by atoms with Crippen LogP contribution in [0.1, 0.15) is 26.3 Å². The molecule has 0 fully saturated rings. The zero-order valence-corrected chi connectivity index (χ0v) is 12.8. The number of oxazole rings is 1. The van der Waals surface area contributed by atoms with Gasteiger partial charge in [-0.05, 0) is 24.2 Å². The predicted molar refractivity (Wildman–Crippen MR) is 76.0 cm³/mol. The third kappa shape index (κ3) is 2.49. The Bertz CT molecular complexity index is 540. The van der Waals surface area contributed by atoms with Crippen LogP contribution < -0.4 is 0 Å². The first-order chi connectivity index (χ1) is 8.31. The van der Waals surface area contributed by atoms with Crippen molar-refractivity contribution in [2.24, 2.45) is 0 Å². The van der Waals surface area contributed by atoms with Gasteiger partial charge in [-0.15, -0.1) is 0 Å². The Morgan fingerprint density at radius 1 is 1.28 bits per heavy atom. The van der Waals surface area contributed by atoms with E-state index in [1.807, 2.05) is 12.1 Å².